The largest absolute Gasteiger partial charge is 0.455 e. The zero-order valence-electron chi connectivity index (χ0n) is 30.4. The van der Waals surface area contributed by atoms with E-state index in [1.807, 2.05) is 60.7 Å². The number of thiophene rings is 1. The molecule has 0 N–H and O–H groups in total. The van der Waals surface area contributed by atoms with E-state index >= 15 is 0 Å². The van der Waals surface area contributed by atoms with Gasteiger partial charge in [-0.1, -0.05) is 140 Å². The molecule has 0 aliphatic carbocycles. The second-order valence-corrected chi connectivity index (χ2v) is 15.4. The Morgan fingerprint density at radius 3 is 1.68 bits per heavy atom. The van der Waals surface area contributed by atoms with E-state index in [9.17, 15) is 0 Å². The third-order valence-electron chi connectivity index (χ3n) is 11.1. The third-order valence-corrected chi connectivity index (χ3v) is 12.3. The van der Waals surface area contributed by atoms with Crippen molar-refractivity contribution in [2.24, 2.45) is 0 Å². The van der Waals surface area contributed by atoms with Crippen LogP contribution < -0.4 is 0 Å². The van der Waals surface area contributed by atoms with E-state index in [2.05, 4.69) is 126 Å². The van der Waals surface area contributed by atoms with E-state index in [1.165, 1.54) is 37.3 Å². The Labute approximate surface area is 330 Å². The number of benzene rings is 8. The monoisotopic (exact) mass is 746 g/mol. The number of hydrogen-bond donors (Lipinski definition) is 0. The van der Waals surface area contributed by atoms with Crippen molar-refractivity contribution in [3.05, 3.63) is 182 Å². The minimum Gasteiger partial charge on any atom is -0.455 e. The van der Waals surface area contributed by atoms with Crippen LogP contribution in [0.5, 0.6) is 0 Å². The number of para-hydroxylation sites is 3. The number of fused-ring (bicyclic) bond motifs is 9. The molecule has 0 fully saturated rings. The molecule has 4 aromatic heterocycles. The standard InChI is InChI=1S/C51H30N4OS/c1-3-13-31(14-4-1)49-52-50(32-15-5-2-6-16-32)54-51(53-49)42-22-12-21-41-39-27-25-33(29-46(39)57-48(41)42)35-19-11-20-40-38-28-26-34(30-45(38)56-47(35)40)55-43-23-9-7-17-36(43)37-18-8-10-24-44(37)55/h1-30H. The van der Waals surface area contributed by atoms with Gasteiger partial charge < -0.3 is 8.98 Å². The highest BCUT2D eigenvalue weighted by molar-refractivity contribution is 7.26. The number of aromatic nitrogens is 4. The molecule has 0 aliphatic heterocycles. The van der Waals surface area contributed by atoms with Crippen LogP contribution >= 0.6 is 11.3 Å². The van der Waals surface area contributed by atoms with Crippen LogP contribution in [0, 0.1) is 0 Å². The maximum absolute atomic E-state index is 6.81. The van der Waals surface area contributed by atoms with E-state index in [-0.39, 0.29) is 0 Å². The molecule has 5 nitrogen and oxygen atoms in total. The van der Waals surface area contributed by atoms with Crippen LogP contribution in [0.2, 0.25) is 0 Å². The van der Waals surface area contributed by atoms with Crippen LogP contribution in [0.15, 0.2) is 186 Å². The summed E-state index contributed by atoms with van der Waals surface area (Å²) in [5.74, 6) is 1.97. The normalized spacial score (nSPS) is 11.9. The summed E-state index contributed by atoms with van der Waals surface area (Å²) in [6, 6.07) is 63.7. The van der Waals surface area contributed by atoms with Gasteiger partial charge in [-0.15, -0.1) is 11.3 Å². The fourth-order valence-corrected chi connectivity index (χ4v) is 9.68. The molecular formula is C51H30N4OS. The van der Waals surface area contributed by atoms with E-state index in [0.29, 0.717) is 17.5 Å². The smallest absolute Gasteiger partial charge is 0.165 e. The average molecular weight is 747 g/mol. The third kappa shape index (κ3) is 5.04. The van der Waals surface area contributed by atoms with Gasteiger partial charge in [0.2, 0.25) is 0 Å². The quantitative estimate of drug-likeness (QED) is 0.176. The van der Waals surface area contributed by atoms with Crippen molar-refractivity contribution in [1.29, 1.82) is 0 Å². The maximum atomic E-state index is 6.81. The maximum Gasteiger partial charge on any atom is 0.165 e. The van der Waals surface area contributed by atoms with Crippen LogP contribution in [-0.4, -0.2) is 19.5 Å². The highest BCUT2D eigenvalue weighted by Gasteiger charge is 2.19. The van der Waals surface area contributed by atoms with Gasteiger partial charge in [-0.05, 0) is 42.0 Å². The van der Waals surface area contributed by atoms with E-state index in [1.54, 1.807) is 11.3 Å². The lowest BCUT2D eigenvalue weighted by Crippen LogP contribution is -2.00. The summed E-state index contributed by atoms with van der Waals surface area (Å²) in [4.78, 5) is 15.0. The second kappa shape index (κ2) is 12.6. The first-order chi connectivity index (χ1) is 28.2. The molecular weight excluding hydrogens is 717 g/mol. The van der Waals surface area contributed by atoms with Crippen molar-refractivity contribution in [3.8, 4) is 51.0 Å². The van der Waals surface area contributed by atoms with Gasteiger partial charge in [0.15, 0.2) is 17.5 Å². The molecule has 0 saturated carbocycles. The lowest BCUT2D eigenvalue weighted by molar-refractivity contribution is 0.669. The lowest BCUT2D eigenvalue weighted by atomic mass is 10.0. The highest BCUT2D eigenvalue weighted by Crippen LogP contribution is 2.43. The summed E-state index contributed by atoms with van der Waals surface area (Å²) in [7, 11) is 0. The number of hydrogen-bond acceptors (Lipinski definition) is 5. The number of rotatable bonds is 5. The zero-order valence-corrected chi connectivity index (χ0v) is 31.2. The van der Waals surface area contributed by atoms with Crippen molar-refractivity contribution >= 4 is 75.3 Å². The predicted octanol–water partition coefficient (Wildman–Crippen LogP) is 13.9. The predicted molar refractivity (Wildman–Crippen MR) is 236 cm³/mol. The highest BCUT2D eigenvalue weighted by atomic mass is 32.1. The summed E-state index contributed by atoms with van der Waals surface area (Å²) in [5, 5.41) is 7.08. The van der Waals surface area contributed by atoms with Gasteiger partial charge in [-0.2, -0.15) is 0 Å². The number of nitrogens with zero attached hydrogens (tertiary/aromatic N) is 4. The molecule has 0 atom stereocenters. The molecule has 12 rings (SSSR count). The molecule has 0 saturated heterocycles. The molecule has 8 aromatic carbocycles. The van der Waals surface area contributed by atoms with E-state index in [0.717, 1.165) is 60.1 Å². The van der Waals surface area contributed by atoms with Gasteiger partial charge in [-0.3, -0.25) is 0 Å². The lowest BCUT2D eigenvalue weighted by Gasteiger charge is -2.09. The topological polar surface area (TPSA) is 56.7 Å². The fourth-order valence-electron chi connectivity index (χ4n) is 8.43. The van der Waals surface area contributed by atoms with Crippen LogP contribution in [0.4, 0.5) is 0 Å². The van der Waals surface area contributed by atoms with Crippen molar-refractivity contribution in [3.63, 3.8) is 0 Å². The summed E-state index contributed by atoms with van der Waals surface area (Å²) in [6.45, 7) is 0. The Morgan fingerprint density at radius 1 is 0.404 bits per heavy atom. The van der Waals surface area contributed by atoms with Crippen LogP contribution in [-0.2, 0) is 0 Å². The Kier molecular flexibility index (Phi) is 7.03. The van der Waals surface area contributed by atoms with E-state index in [4.69, 9.17) is 19.4 Å². The minimum absolute atomic E-state index is 0.654. The second-order valence-electron chi connectivity index (χ2n) is 14.4. The van der Waals surface area contributed by atoms with Gasteiger partial charge in [0.25, 0.3) is 0 Å². The van der Waals surface area contributed by atoms with Gasteiger partial charge in [0, 0.05) is 75.7 Å². The van der Waals surface area contributed by atoms with Gasteiger partial charge in [0.1, 0.15) is 11.2 Å². The molecule has 0 radical (unpaired) electrons. The Hall–Kier alpha value is -7.41. The molecule has 0 amide bonds. The van der Waals surface area contributed by atoms with Crippen LogP contribution in [0.3, 0.4) is 0 Å². The molecule has 266 valence electrons. The average Bonchev–Trinajstić information content (AvgIpc) is 3.96. The summed E-state index contributed by atoms with van der Waals surface area (Å²) >= 11 is 1.77. The van der Waals surface area contributed by atoms with Crippen molar-refractivity contribution in [2.75, 3.05) is 0 Å². The summed E-state index contributed by atoms with van der Waals surface area (Å²) < 4.78 is 11.5. The van der Waals surface area contributed by atoms with Gasteiger partial charge >= 0.3 is 0 Å². The Bertz CT molecular complexity index is 3420. The molecule has 0 aliphatic rings. The molecule has 6 heteroatoms. The van der Waals surface area contributed by atoms with Gasteiger partial charge in [-0.25, -0.2) is 15.0 Å². The zero-order chi connectivity index (χ0) is 37.5. The first-order valence-corrected chi connectivity index (χ1v) is 19.8. The first kappa shape index (κ1) is 31.9. The van der Waals surface area contributed by atoms with Crippen molar-refractivity contribution in [2.45, 2.75) is 0 Å². The first-order valence-electron chi connectivity index (χ1n) is 19.0. The summed E-state index contributed by atoms with van der Waals surface area (Å²) in [5.41, 5.74) is 10.3. The SMILES string of the molecule is c1ccc(-c2nc(-c3ccccc3)nc(-c3cccc4c3sc3cc(-c5cccc6c5oc5cc(-n7c8ccccc8c8ccccc87)ccc56)ccc34)n2)cc1. The van der Waals surface area contributed by atoms with Gasteiger partial charge in [0.05, 0.1) is 11.0 Å². The molecule has 57 heavy (non-hydrogen) atoms. The molecule has 0 unspecified atom stereocenters. The Balaban J connectivity index is 0.989. The van der Waals surface area contributed by atoms with E-state index < -0.39 is 0 Å². The van der Waals surface area contributed by atoms with Crippen molar-refractivity contribution in [1.82, 2.24) is 19.5 Å². The molecule has 0 spiro atoms. The summed E-state index contributed by atoms with van der Waals surface area (Å²) in [6.07, 6.45) is 0. The minimum atomic E-state index is 0.654. The molecule has 12 aromatic rings. The van der Waals surface area contributed by atoms with Crippen LogP contribution in [0.25, 0.3) is 115 Å². The molecule has 4 heterocycles. The van der Waals surface area contributed by atoms with Crippen LogP contribution in [0.1, 0.15) is 0 Å². The molecule has 0 bridgehead atoms. The Morgan fingerprint density at radius 2 is 0.982 bits per heavy atom. The van der Waals surface area contributed by atoms with Crippen molar-refractivity contribution < 1.29 is 4.42 Å². The number of furan rings is 1. The fraction of sp³-hybridized carbons (Fsp3) is 0.